The number of benzene rings is 3. The van der Waals surface area contributed by atoms with E-state index < -0.39 is 5.91 Å². The topological polar surface area (TPSA) is 220 Å². The molecule has 96 heavy (non-hydrogen) atoms. The van der Waals surface area contributed by atoms with Gasteiger partial charge >= 0.3 is 0 Å². The van der Waals surface area contributed by atoms with Crippen molar-refractivity contribution in [2.75, 3.05) is 109 Å². The predicted molar refractivity (Wildman–Crippen MR) is 390 cm³/mol. The fourth-order valence-electron chi connectivity index (χ4n) is 12.6. The molecule has 13 heterocycles. The maximum Gasteiger partial charge on any atom is 0.258 e. The number of aromatic nitrogens is 8. The molecule has 16 rings (SSSR count). The third-order valence-electron chi connectivity index (χ3n) is 17.6. The number of halogens is 1. The SMILES string of the molecule is CC(=O)c1c(=O)c2ccc(Cl)nc2n2c1sc1ccccc12.CC(=O)c1c(=O)c2ccc(N3CCCN(C)CC3)nc2n2c1sc1ccccc12.CN1CCCNCC1.Cc1cnc(CNC(=O)c2c(=O)c3ccc(N4CCCN(C)CC4)nc3n3c2sc2ccccc23)cn1. The first kappa shape index (κ1) is 65.7. The molecule has 0 spiro atoms. The van der Waals surface area contributed by atoms with Crippen molar-refractivity contribution in [1.29, 1.82) is 0 Å². The molecule has 3 aliphatic heterocycles. The quantitative estimate of drug-likeness (QED) is 0.112. The van der Waals surface area contributed by atoms with Crippen LogP contribution >= 0.6 is 45.6 Å². The van der Waals surface area contributed by atoms with Crippen LogP contribution in [0.25, 0.3) is 78.2 Å². The minimum atomic E-state index is -0.432. The average molecular weight is 1360 g/mol. The summed E-state index contributed by atoms with van der Waals surface area (Å²) in [5.74, 6) is 0.845. The first-order valence-electron chi connectivity index (χ1n) is 32.1. The van der Waals surface area contributed by atoms with E-state index in [4.69, 9.17) is 21.6 Å². The number of carbonyl (C=O) groups excluding carboxylic acids is 3. The average Bonchev–Trinajstić information content (AvgIpc) is 1.53. The number of rotatable bonds is 7. The molecule has 2 N–H and O–H groups in total. The molecule has 10 aromatic heterocycles. The van der Waals surface area contributed by atoms with Crippen molar-refractivity contribution >= 4 is 153 Å². The van der Waals surface area contributed by atoms with Crippen molar-refractivity contribution in [3.05, 3.63) is 185 Å². The van der Waals surface area contributed by atoms with Crippen LogP contribution in [0.15, 0.2) is 136 Å². The highest BCUT2D eigenvalue weighted by Crippen LogP contribution is 2.35. The Hall–Kier alpha value is -8.98. The Kier molecular flexibility index (Phi) is 19.4. The van der Waals surface area contributed by atoms with Crippen LogP contribution in [0.2, 0.25) is 5.15 Å². The second-order valence-electron chi connectivity index (χ2n) is 24.5. The molecule has 0 saturated carbocycles. The Morgan fingerprint density at radius 1 is 0.490 bits per heavy atom. The van der Waals surface area contributed by atoms with Gasteiger partial charge in [0.2, 0.25) is 16.3 Å². The number of nitrogens with one attached hydrogen (secondary N) is 2. The normalized spacial score (nSPS) is 15.3. The van der Waals surface area contributed by atoms with Crippen molar-refractivity contribution in [3.63, 3.8) is 0 Å². The van der Waals surface area contributed by atoms with E-state index in [1.54, 1.807) is 24.5 Å². The molecule has 21 nitrogen and oxygen atoms in total. The molecule has 0 unspecified atom stereocenters. The summed E-state index contributed by atoms with van der Waals surface area (Å²) in [5, 5.41) is 7.84. The van der Waals surface area contributed by atoms with E-state index in [1.807, 2.05) is 117 Å². The van der Waals surface area contributed by atoms with Gasteiger partial charge in [0.25, 0.3) is 5.91 Å². The molecule has 1 amide bonds. The summed E-state index contributed by atoms with van der Waals surface area (Å²) in [7, 11) is 6.45. The fourth-order valence-corrected chi connectivity index (χ4v) is 16.4. The molecule has 0 aliphatic carbocycles. The highest BCUT2D eigenvalue weighted by Gasteiger charge is 2.27. The van der Waals surface area contributed by atoms with Crippen LogP contribution in [0.5, 0.6) is 0 Å². The van der Waals surface area contributed by atoms with Crippen LogP contribution < -0.4 is 36.7 Å². The van der Waals surface area contributed by atoms with Crippen LogP contribution in [-0.2, 0) is 6.54 Å². The van der Waals surface area contributed by atoms with Gasteiger partial charge in [0.15, 0.2) is 28.5 Å². The standard InChI is InChI=1S/C27H27N7O2S.C22H22N4O2S.C16H9ClN2O2S.C6H14N2/c1-17-14-29-18(15-28-17)16-30-26(36)23-24(35)19-8-9-22(33-11-5-10-32(2)12-13-33)31-25(19)34-20-6-3-4-7-21(20)37-27(23)34;1-14(27)19-20(28)15-8-9-18(25-11-5-10-24(2)12-13-25)23-21(15)26-16-6-3-4-7-17(16)29-22(19)26;1-8(20)13-14(21)9-6-7-12(17)18-15(9)19-10-4-2-3-5-11(10)22-16(13)19;1-8-5-2-3-7-4-6-8/h3-4,6-9,14-15H,5,10-13,16H2,1-2H3,(H,30,36);3-4,6-9H,5,10-13H2,1-2H3;2-7H,1H3;7H,2-6H2,1H3. The Morgan fingerprint density at radius 3 is 1.41 bits per heavy atom. The number of nitrogens with zero attached hydrogens (tertiary/aromatic N) is 13. The second kappa shape index (κ2) is 28.4. The summed E-state index contributed by atoms with van der Waals surface area (Å²) in [6.07, 6.45) is 6.72. The lowest BCUT2D eigenvalue weighted by atomic mass is 10.1. The number of likely N-dealkylation sites (N-methyl/N-ethyl adjacent to an activating group) is 3. The van der Waals surface area contributed by atoms with Gasteiger partial charge in [-0.15, -0.1) is 34.0 Å². The largest absolute Gasteiger partial charge is 0.355 e. The molecular formula is C71H72ClN15O6S3. The number of thiazole rings is 3. The number of hydrogen-bond donors (Lipinski definition) is 2. The number of pyridine rings is 6. The van der Waals surface area contributed by atoms with E-state index in [1.165, 1.54) is 73.9 Å². The lowest BCUT2D eigenvalue weighted by Crippen LogP contribution is -2.31. The van der Waals surface area contributed by atoms with E-state index in [9.17, 15) is 28.8 Å². The van der Waals surface area contributed by atoms with E-state index >= 15 is 0 Å². The zero-order valence-electron chi connectivity index (χ0n) is 54.2. The van der Waals surface area contributed by atoms with Gasteiger partial charge in [0.1, 0.15) is 36.8 Å². The minimum Gasteiger partial charge on any atom is -0.355 e. The van der Waals surface area contributed by atoms with E-state index in [-0.39, 0.29) is 51.1 Å². The molecule has 25 heteroatoms. The van der Waals surface area contributed by atoms with E-state index in [2.05, 4.69) is 71.2 Å². The van der Waals surface area contributed by atoms with E-state index in [0.29, 0.717) is 58.4 Å². The zero-order chi connectivity index (χ0) is 66.9. The van der Waals surface area contributed by atoms with Crippen molar-refractivity contribution in [3.8, 4) is 0 Å². The van der Waals surface area contributed by atoms with Crippen LogP contribution in [-0.4, -0.2) is 170 Å². The molecular weight excluding hydrogens is 1290 g/mol. The third kappa shape index (κ3) is 13.2. The summed E-state index contributed by atoms with van der Waals surface area (Å²) < 4.78 is 8.80. The molecule has 0 atom stereocenters. The summed E-state index contributed by atoms with van der Waals surface area (Å²) in [5.41, 5.74) is 5.66. The highest BCUT2D eigenvalue weighted by molar-refractivity contribution is 7.25. The van der Waals surface area contributed by atoms with Crippen molar-refractivity contribution < 1.29 is 14.4 Å². The van der Waals surface area contributed by atoms with Gasteiger partial charge in [0, 0.05) is 58.6 Å². The number of para-hydroxylation sites is 3. The third-order valence-corrected chi connectivity index (χ3v) is 21.3. The molecule has 3 saturated heterocycles. The van der Waals surface area contributed by atoms with Crippen LogP contribution in [0.3, 0.4) is 0 Å². The first-order chi connectivity index (χ1) is 46.5. The summed E-state index contributed by atoms with van der Waals surface area (Å²) in [4.78, 5) is 114. The summed E-state index contributed by atoms with van der Waals surface area (Å²) >= 11 is 10.3. The van der Waals surface area contributed by atoms with Crippen molar-refractivity contribution in [2.24, 2.45) is 0 Å². The molecule has 0 bridgehead atoms. The van der Waals surface area contributed by atoms with Crippen LogP contribution in [0, 0.1) is 6.92 Å². The minimum absolute atomic E-state index is 0.125. The maximum absolute atomic E-state index is 13.7. The molecule has 13 aromatic rings. The maximum atomic E-state index is 13.7. The van der Waals surface area contributed by atoms with Crippen molar-refractivity contribution in [2.45, 2.75) is 46.6 Å². The van der Waals surface area contributed by atoms with Gasteiger partial charge in [-0.2, -0.15) is 0 Å². The molecule has 0 radical (unpaired) electrons. The lowest BCUT2D eigenvalue weighted by molar-refractivity contribution is 0.0949. The molecule has 492 valence electrons. The van der Waals surface area contributed by atoms with Gasteiger partial charge in [-0.25, -0.2) is 15.0 Å². The number of fused-ring (bicyclic) bond motifs is 15. The summed E-state index contributed by atoms with van der Waals surface area (Å²) in [6.45, 7) is 17.4. The number of anilines is 2. The lowest BCUT2D eigenvalue weighted by Gasteiger charge is -2.22. The Balaban J connectivity index is 0.000000126. The number of carbonyl (C=O) groups is 3. The second-order valence-corrected chi connectivity index (χ2v) is 27.9. The van der Waals surface area contributed by atoms with Gasteiger partial charge in [-0.3, -0.25) is 51.9 Å². The number of ketones is 2. The molecule has 3 aromatic carbocycles. The van der Waals surface area contributed by atoms with Gasteiger partial charge in [-0.05, 0) is 160 Å². The predicted octanol–water partition coefficient (Wildman–Crippen LogP) is 10.5. The van der Waals surface area contributed by atoms with Crippen LogP contribution in [0.4, 0.5) is 11.6 Å². The van der Waals surface area contributed by atoms with Gasteiger partial charge in [0.05, 0.1) is 82.1 Å². The fraction of sp³-hybridized carbons (Fsp3) is 0.310. The smallest absolute Gasteiger partial charge is 0.258 e. The Labute approximate surface area is 568 Å². The molecule has 3 aliphatic rings. The van der Waals surface area contributed by atoms with Gasteiger partial charge in [-0.1, -0.05) is 48.0 Å². The highest BCUT2D eigenvalue weighted by atomic mass is 35.5. The molecule has 3 fully saturated rings. The van der Waals surface area contributed by atoms with E-state index in [0.717, 1.165) is 120 Å². The first-order valence-corrected chi connectivity index (χ1v) is 34.9. The number of aryl methyl sites for hydroxylation is 1. The van der Waals surface area contributed by atoms with Crippen molar-refractivity contribution in [1.82, 2.24) is 63.5 Å². The van der Waals surface area contributed by atoms with Gasteiger partial charge < -0.3 is 35.1 Å². The number of hydrogen-bond acceptors (Lipinski definition) is 20. The monoisotopic (exact) mass is 1360 g/mol. The Bertz CT molecular complexity index is 5350. The Morgan fingerprint density at radius 2 is 0.927 bits per heavy atom. The zero-order valence-corrected chi connectivity index (χ0v) is 57.4. The summed E-state index contributed by atoms with van der Waals surface area (Å²) in [6, 6.07) is 34.3. The number of amides is 1. The van der Waals surface area contributed by atoms with Crippen LogP contribution in [0.1, 0.15) is 75.6 Å². The number of Topliss-reactive ketones (excluding diaryl/α,β-unsaturated/α-hetero) is 2.